The van der Waals surface area contributed by atoms with Gasteiger partial charge in [0.15, 0.2) is 0 Å². The van der Waals surface area contributed by atoms with Crippen LogP contribution in [0.3, 0.4) is 0 Å². The van der Waals surface area contributed by atoms with Crippen LogP contribution in [0.25, 0.3) is 0 Å². The molecule has 1 aromatic rings. The quantitative estimate of drug-likeness (QED) is 0.640. The highest BCUT2D eigenvalue weighted by Crippen LogP contribution is 2.38. The summed E-state index contributed by atoms with van der Waals surface area (Å²) in [6, 6.07) is 3.70. The third kappa shape index (κ3) is 3.78. The molecule has 0 aliphatic heterocycles. The molecule has 0 unspecified atom stereocenters. The van der Waals surface area contributed by atoms with Crippen LogP contribution in [0, 0.1) is 0 Å². The van der Waals surface area contributed by atoms with Gasteiger partial charge in [-0.05, 0) is 43.9 Å². The minimum Gasteiger partial charge on any atom is -0.490 e. The Morgan fingerprint density at radius 3 is 2.26 bits per heavy atom. The highest BCUT2D eigenvalue weighted by molar-refractivity contribution is 5.49. The first-order chi connectivity index (χ1) is 8.97. The van der Waals surface area contributed by atoms with Crippen LogP contribution in [0.4, 0.5) is 18.9 Å². The van der Waals surface area contributed by atoms with Crippen molar-refractivity contribution in [3.63, 3.8) is 0 Å². The maximum atomic E-state index is 12.9. The summed E-state index contributed by atoms with van der Waals surface area (Å²) in [4.78, 5) is 0. The normalized spacial score (nSPS) is 18.1. The van der Waals surface area contributed by atoms with Gasteiger partial charge in [-0.3, -0.25) is 0 Å². The Labute approximate surface area is 110 Å². The number of ether oxygens (including phenoxy) is 1. The number of alkyl halides is 3. The van der Waals surface area contributed by atoms with Gasteiger partial charge < -0.3 is 10.5 Å². The van der Waals surface area contributed by atoms with E-state index in [4.69, 9.17) is 10.5 Å². The topological polar surface area (TPSA) is 35.2 Å². The Bertz CT molecular complexity index is 423. The Kier molecular flexibility index (Phi) is 4.22. The van der Waals surface area contributed by atoms with Crippen LogP contribution < -0.4 is 10.5 Å². The summed E-state index contributed by atoms with van der Waals surface area (Å²) < 4.78 is 44.4. The summed E-state index contributed by atoms with van der Waals surface area (Å²) in [5.74, 6) is -0.103. The third-order valence-electron chi connectivity index (χ3n) is 3.40. The van der Waals surface area contributed by atoms with E-state index in [1.807, 2.05) is 0 Å². The highest BCUT2D eigenvalue weighted by Gasteiger charge is 2.35. The number of halogens is 3. The Hall–Kier alpha value is -1.39. The van der Waals surface area contributed by atoms with Gasteiger partial charge in [0.1, 0.15) is 5.75 Å². The van der Waals surface area contributed by atoms with Gasteiger partial charge in [-0.25, -0.2) is 0 Å². The molecule has 0 amide bonds. The van der Waals surface area contributed by atoms with Crippen molar-refractivity contribution in [2.24, 2.45) is 0 Å². The zero-order valence-electron chi connectivity index (χ0n) is 10.7. The fraction of sp³-hybridized carbons (Fsp3) is 0.571. The van der Waals surface area contributed by atoms with Crippen LogP contribution in [0.1, 0.15) is 44.1 Å². The maximum absolute atomic E-state index is 12.9. The number of hydrogen-bond donors (Lipinski definition) is 1. The molecule has 106 valence electrons. The van der Waals surface area contributed by atoms with E-state index in [1.54, 1.807) is 0 Å². The minimum absolute atomic E-state index is 0.0977. The number of nitrogens with two attached hydrogens (primary N) is 1. The van der Waals surface area contributed by atoms with E-state index in [9.17, 15) is 13.2 Å². The summed E-state index contributed by atoms with van der Waals surface area (Å²) in [6.07, 6.45) is 1.38. The van der Waals surface area contributed by atoms with Crippen LogP contribution in [0.2, 0.25) is 0 Å². The number of benzene rings is 1. The van der Waals surface area contributed by atoms with E-state index >= 15 is 0 Å². The molecule has 0 aromatic heterocycles. The molecule has 2 rings (SSSR count). The van der Waals surface area contributed by atoms with Gasteiger partial charge in [-0.2, -0.15) is 13.2 Å². The molecule has 1 aliphatic carbocycles. The fourth-order valence-corrected chi connectivity index (χ4v) is 2.41. The molecule has 0 saturated heterocycles. The molecule has 1 fully saturated rings. The lowest BCUT2D eigenvalue weighted by Crippen LogP contribution is -2.18. The number of nitrogen functional groups attached to an aromatic ring is 1. The van der Waals surface area contributed by atoms with Crippen molar-refractivity contribution in [1.82, 2.24) is 0 Å². The molecule has 0 spiro atoms. The van der Waals surface area contributed by atoms with Crippen LogP contribution in [-0.2, 0) is 6.18 Å². The molecule has 1 saturated carbocycles. The van der Waals surface area contributed by atoms with Crippen molar-refractivity contribution in [3.8, 4) is 5.75 Å². The second kappa shape index (κ2) is 5.72. The minimum atomic E-state index is -4.44. The molecular formula is C14H18F3NO. The van der Waals surface area contributed by atoms with E-state index < -0.39 is 11.7 Å². The van der Waals surface area contributed by atoms with Gasteiger partial charge in [0.2, 0.25) is 0 Å². The first kappa shape index (κ1) is 14.0. The van der Waals surface area contributed by atoms with E-state index in [1.165, 1.54) is 12.1 Å². The first-order valence-corrected chi connectivity index (χ1v) is 6.60. The lowest BCUT2D eigenvalue weighted by molar-refractivity contribution is -0.139. The molecule has 5 heteroatoms. The van der Waals surface area contributed by atoms with Gasteiger partial charge in [-0.15, -0.1) is 0 Å². The Balaban J connectivity index is 2.19. The van der Waals surface area contributed by atoms with Crippen molar-refractivity contribution < 1.29 is 17.9 Å². The predicted octanol–water partition coefficient (Wildman–Crippen LogP) is 4.39. The van der Waals surface area contributed by atoms with E-state index in [0.29, 0.717) is 0 Å². The Morgan fingerprint density at radius 1 is 1.05 bits per heavy atom. The summed E-state index contributed by atoms with van der Waals surface area (Å²) >= 11 is 0. The lowest BCUT2D eigenvalue weighted by atomic mass is 10.1. The largest absolute Gasteiger partial charge is 0.490 e. The molecule has 0 radical (unpaired) electrons. The first-order valence-electron chi connectivity index (χ1n) is 6.60. The average molecular weight is 273 g/mol. The van der Waals surface area contributed by atoms with Gasteiger partial charge in [0.05, 0.1) is 11.7 Å². The molecular weight excluding hydrogens is 255 g/mol. The molecule has 1 aliphatic rings. The number of hydrogen-bond acceptors (Lipinski definition) is 2. The number of anilines is 1. The van der Waals surface area contributed by atoms with Crippen molar-refractivity contribution in [2.45, 2.75) is 50.8 Å². The van der Waals surface area contributed by atoms with E-state index in [-0.39, 0.29) is 17.5 Å². The monoisotopic (exact) mass is 273 g/mol. The summed E-state index contributed by atoms with van der Waals surface area (Å²) in [6.45, 7) is 0. The fourth-order valence-electron chi connectivity index (χ4n) is 2.41. The van der Waals surface area contributed by atoms with Gasteiger partial charge >= 0.3 is 6.18 Å². The van der Waals surface area contributed by atoms with Crippen LogP contribution in [-0.4, -0.2) is 6.10 Å². The molecule has 2 nitrogen and oxygen atoms in total. The van der Waals surface area contributed by atoms with Crippen molar-refractivity contribution in [3.05, 3.63) is 23.8 Å². The summed E-state index contributed by atoms with van der Waals surface area (Å²) in [7, 11) is 0. The molecule has 2 N–H and O–H groups in total. The van der Waals surface area contributed by atoms with Gasteiger partial charge in [-0.1, -0.05) is 12.8 Å². The second-order valence-electron chi connectivity index (χ2n) is 4.98. The van der Waals surface area contributed by atoms with Crippen LogP contribution in [0.5, 0.6) is 5.75 Å². The van der Waals surface area contributed by atoms with E-state index in [2.05, 4.69) is 0 Å². The Morgan fingerprint density at radius 2 is 1.68 bits per heavy atom. The molecule has 1 aromatic carbocycles. The lowest BCUT2D eigenvalue weighted by Gasteiger charge is -2.20. The van der Waals surface area contributed by atoms with Crippen molar-refractivity contribution >= 4 is 5.69 Å². The zero-order chi connectivity index (χ0) is 13.9. The van der Waals surface area contributed by atoms with Gasteiger partial charge in [0, 0.05) is 5.69 Å². The summed E-state index contributed by atoms with van der Waals surface area (Å²) in [5, 5.41) is 0. The van der Waals surface area contributed by atoms with E-state index in [0.717, 1.165) is 44.6 Å². The molecule has 19 heavy (non-hydrogen) atoms. The standard InChI is InChI=1S/C14H18F3NO/c15-14(16,17)12-9-10(18)7-8-13(12)19-11-5-3-1-2-4-6-11/h7-9,11H,1-6,18H2. The highest BCUT2D eigenvalue weighted by atomic mass is 19.4. The second-order valence-corrected chi connectivity index (χ2v) is 4.98. The number of rotatable bonds is 2. The van der Waals surface area contributed by atoms with Crippen molar-refractivity contribution in [1.29, 1.82) is 0 Å². The zero-order valence-corrected chi connectivity index (χ0v) is 10.7. The predicted molar refractivity (Wildman–Crippen MR) is 68.0 cm³/mol. The molecule has 0 heterocycles. The smallest absolute Gasteiger partial charge is 0.420 e. The molecule has 0 bridgehead atoms. The average Bonchev–Trinajstić information content (AvgIpc) is 2.59. The maximum Gasteiger partial charge on any atom is 0.420 e. The third-order valence-corrected chi connectivity index (χ3v) is 3.40. The SMILES string of the molecule is Nc1ccc(OC2CCCCCC2)c(C(F)(F)F)c1. The molecule has 0 atom stereocenters. The van der Waals surface area contributed by atoms with Gasteiger partial charge in [0.25, 0.3) is 0 Å². The summed E-state index contributed by atoms with van der Waals surface area (Å²) in [5.41, 5.74) is 4.74. The van der Waals surface area contributed by atoms with Crippen LogP contribution >= 0.6 is 0 Å². The van der Waals surface area contributed by atoms with Crippen molar-refractivity contribution in [2.75, 3.05) is 5.73 Å². The van der Waals surface area contributed by atoms with Crippen LogP contribution in [0.15, 0.2) is 18.2 Å².